The molecule has 2 fully saturated rings. The third-order valence-corrected chi connectivity index (χ3v) is 4.12. The fourth-order valence-corrected chi connectivity index (χ4v) is 3.10. The number of hydrogen-bond acceptors (Lipinski definition) is 4. The van der Waals surface area contributed by atoms with Crippen molar-refractivity contribution < 1.29 is 9.84 Å². The molecule has 0 saturated carbocycles. The predicted octanol–water partition coefficient (Wildman–Crippen LogP) is 1.70. The maximum atomic E-state index is 9.15. The quantitative estimate of drug-likeness (QED) is 0.888. The number of benzene rings is 1. The van der Waals surface area contributed by atoms with Crippen LogP contribution in [0.3, 0.4) is 0 Å². The zero-order chi connectivity index (χ0) is 12.8. The minimum absolute atomic E-state index is 0.0743. The second-order valence-corrected chi connectivity index (χ2v) is 5.35. The molecule has 2 saturated heterocycles. The Bertz CT molecular complexity index is 629. The van der Waals surface area contributed by atoms with Crippen LogP contribution in [0.5, 0.6) is 0 Å². The SMILES string of the molecule is OCc1ccc2nc(N3C[C@@H]4C[C@H]3CO4)ccc2c1. The zero-order valence-corrected chi connectivity index (χ0v) is 10.6. The summed E-state index contributed by atoms with van der Waals surface area (Å²) in [4.78, 5) is 7.09. The van der Waals surface area contributed by atoms with Gasteiger partial charge in [-0.1, -0.05) is 6.07 Å². The molecule has 1 N–H and O–H groups in total. The van der Waals surface area contributed by atoms with Crippen LogP contribution in [-0.4, -0.2) is 35.4 Å². The molecule has 0 amide bonds. The Hall–Kier alpha value is -1.65. The van der Waals surface area contributed by atoms with E-state index in [0.29, 0.717) is 12.1 Å². The van der Waals surface area contributed by atoms with Gasteiger partial charge in [-0.2, -0.15) is 0 Å². The van der Waals surface area contributed by atoms with Gasteiger partial charge in [-0.15, -0.1) is 0 Å². The van der Waals surface area contributed by atoms with Gasteiger partial charge in [0.15, 0.2) is 0 Å². The molecule has 0 aliphatic carbocycles. The second kappa shape index (κ2) is 4.18. The topological polar surface area (TPSA) is 45.6 Å². The Kier molecular flexibility index (Phi) is 2.47. The van der Waals surface area contributed by atoms with Crippen molar-refractivity contribution in [2.75, 3.05) is 18.1 Å². The van der Waals surface area contributed by atoms with E-state index >= 15 is 0 Å². The van der Waals surface area contributed by atoms with E-state index < -0.39 is 0 Å². The van der Waals surface area contributed by atoms with E-state index in [1.165, 1.54) is 0 Å². The molecule has 2 aliphatic rings. The van der Waals surface area contributed by atoms with Gasteiger partial charge < -0.3 is 14.7 Å². The van der Waals surface area contributed by atoms with Gasteiger partial charge in [-0.05, 0) is 36.2 Å². The summed E-state index contributed by atoms with van der Waals surface area (Å²) >= 11 is 0. The number of rotatable bonds is 2. The van der Waals surface area contributed by atoms with Gasteiger partial charge in [0.2, 0.25) is 0 Å². The minimum Gasteiger partial charge on any atom is -0.392 e. The summed E-state index contributed by atoms with van der Waals surface area (Å²) in [6.45, 7) is 1.86. The van der Waals surface area contributed by atoms with E-state index in [1.54, 1.807) is 0 Å². The molecule has 2 bridgehead atoms. The average Bonchev–Trinajstić information content (AvgIpc) is 3.09. The first kappa shape index (κ1) is 11.2. The first-order valence-corrected chi connectivity index (χ1v) is 6.72. The maximum absolute atomic E-state index is 9.15. The number of aromatic nitrogens is 1. The second-order valence-electron chi connectivity index (χ2n) is 5.35. The lowest BCUT2D eigenvalue weighted by molar-refractivity contribution is 0.0989. The monoisotopic (exact) mass is 256 g/mol. The van der Waals surface area contributed by atoms with Gasteiger partial charge in [0.1, 0.15) is 5.82 Å². The molecule has 98 valence electrons. The molecule has 0 unspecified atom stereocenters. The van der Waals surface area contributed by atoms with E-state index in [2.05, 4.69) is 17.0 Å². The van der Waals surface area contributed by atoms with E-state index in [0.717, 1.165) is 41.9 Å². The lowest BCUT2D eigenvalue weighted by atomic mass is 10.1. The van der Waals surface area contributed by atoms with Gasteiger partial charge in [0.05, 0.1) is 30.9 Å². The summed E-state index contributed by atoms with van der Waals surface area (Å²) in [5.74, 6) is 1.04. The van der Waals surface area contributed by atoms with Gasteiger partial charge in [-0.3, -0.25) is 0 Å². The van der Waals surface area contributed by atoms with Crippen molar-refractivity contribution in [3.63, 3.8) is 0 Å². The molecular formula is C15H16N2O2. The number of pyridine rings is 1. The third kappa shape index (κ3) is 1.79. The van der Waals surface area contributed by atoms with E-state index in [9.17, 15) is 0 Å². The molecule has 2 atom stereocenters. The van der Waals surface area contributed by atoms with Crippen molar-refractivity contribution in [2.24, 2.45) is 0 Å². The summed E-state index contributed by atoms with van der Waals surface area (Å²) in [6, 6.07) is 10.6. The first-order chi connectivity index (χ1) is 9.33. The fraction of sp³-hybridized carbons (Fsp3) is 0.400. The number of anilines is 1. The van der Waals surface area contributed by atoms with Crippen LogP contribution in [0.1, 0.15) is 12.0 Å². The molecule has 0 spiro atoms. The van der Waals surface area contributed by atoms with E-state index in [4.69, 9.17) is 14.8 Å². The van der Waals surface area contributed by atoms with Crippen LogP contribution in [0.15, 0.2) is 30.3 Å². The third-order valence-electron chi connectivity index (χ3n) is 4.12. The fourth-order valence-electron chi connectivity index (χ4n) is 3.10. The number of aliphatic hydroxyl groups is 1. The molecule has 1 aromatic heterocycles. The van der Waals surface area contributed by atoms with Crippen LogP contribution in [0, 0.1) is 0 Å². The Morgan fingerprint density at radius 3 is 3.00 bits per heavy atom. The molecule has 4 rings (SSSR count). The summed E-state index contributed by atoms with van der Waals surface area (Å²) in [5.41, 5.74) is 1.91. The molecule has 2 aliphatic heterocycles. The van der Waals surface area contributed by atoms with Crippen LogP contribution in [-0.2, 0) is 11.3 Å². The Labute approximate surface area is 111 Å². The van der Waals surface area contributed by atoms with Crippen molar-refractivity contribution in [2.45, 2.75) is 25.2 Å². The molecule has 4 nitrogen and oxygen atoms in total. The van der Waals surface area contributed by atoms with Crippen LogP contribution in [0.4, 0.5) is 5.82 Å². The van der Waals surface area contributed by atoms with E-state index in [1.807, 2.05) is 18.2 Å². The number of fused-ring (bicyclic) bond motifs is 3. The highest BCUT2D eigenvalue weighted by Gasteiger charge is 2.39. The van der Waals surface area contributed by atoms with Gasteiger partial charge in [0.25, 0.3) is 0 Å². The van der Waals surface area contributed by atoms with Crippen molar-refractivity contribution in [3.8, 4) is 0 Å². The van der Waals surface area contributed by atoms with Gasteiger partial charge in [-0.25, -0.2) is 4.98 Å². The van der Waals surface area contributed by atoms with E-state index in [-0.39, 0.29) is 6.61 Å². The smallest absolute Gasteiger partial charge is 0.129 e. The van der Waals surface area contributed by atoms with Crippen LogP contribution in [0.25, 0.3) is 10.9 Å². The number of ether oxygens (including phenoxy) is 1. The highest BCUT2D eigenvalue weighted by atomic mass is 16.5. The molecule has 1 aromatic carbocycles. The number of hydrogen-bond donors (Lipinski definition) is 1. The van der Waals surface area contributed by atoms with Crippen molar-refractivity contribution in [3.05, 3.63) is 35.9 Å². The Balaban J connectivity index is 1.72. The summed E-state index contributed by atoms with van der Waals surface area (Å²) < 4.78 is 5.62. The summed E-state index contributed by atoms with van der Waals surface area (Å²) in [5, 5.41) is 10.2. The molecule has 19 heavy (non-hydrogen) atoms. The largest absolute Gasteiger partial charge is 0.392 e. The number of nitrogens with zero attached hydrogens (tertiary/aromatic N) is 2. The first-order valence-electron chi connectivity index (χ1n) is 6.72. The molecule has 0 radical (unpaired) electrons. The number of morpholine rings is 1. The number of aliphatic hydroxyl groups excluding tert-OH is 1. The lowest BCUT2D eigenvalue weighted by Crippen LogP contribution is -2.37. The van der Waals surface area contributed by atoms with Crippen LogP contribution < -0.4 is 4.90 Å². The Morgan fingerprint density at radius 2 is 2.26 bits per heavy atom. The molecule has 3 heterocycles. The van der Waals surface area contributed by atoms with Crippen molar-refractivity contribution in [1.82, 2.24) is 4.98 Å². The molecular weight excluding hydrogens is 240 g/mol. The highest BCUT2D eigenvalue weighted by molar-refractivity contribution is 5.81. The normalized spacial score (nSPS) is 25.4. The highest BCUT2D eigenvalue weighted by Crippen LogP contribution is 2.32. The van der Waals surface area contributed by atoms with Crippen LogP contribution in [0.2, 0.25) is 0 Å². The maximum Gasteiger partial charge on any atom is 0.129 e. The lowest BCUT2D eigenvalue weighted by Gasteiger charge is -2.28. The van der Waals surface area contributed by atoms with Crippen molar-refractivity contribution >= 4 is 16.7 Å². The van der Waals surface area contributed by atoms with Crippen molar-refractivity contribution in [1.29, 1.82) is 0 Å². The minimum atomic E-state index is 0.0743. The van der Waals surface area contributed by atoms with Gasteiger partial charge >= 0.3 is 0 Å². The average molecular weight is 256 g/mol. The summed E-state index contributed by atoms with van der Waals surface area (Å²) in [6.07, 6.45) is 1.52. The zero-order valence-electron chi connectivity index (χ0n) is 10.6. The molecule has 4 heteroatoms. The van der Waals surface area contributed by atoms with Gasteiger partial charge in [0, 0.05) is 11.9 Å². The summed E-state index contributed by atoms with van der Waals surface area (Å²) in [7, 11) is 0. The standard InChI is InChI=1S/C15H16N2O2/c18-8-10-1-3-14-11(5-10)2-4-15(16-14)17-7-13-6-12(17)9-19-13/h1-5,12-13,18H,6-9H2/t12-,13-/m0/s1. The van der Waals surface area contributed by atoms with Crippen LogP contribution >= 0.6 is 0 Å². The molecule has 2 aromatic rings. The predicted molar refractivity (Wildman–Crippen MR) is 73.2 cm³/mol. The Morgan fingerprint density at radius 1 is 1.32 bits per heavy atom.